The van der Waals surface area contributed by atoms with Gasteiger partial charge in [0.1, 0.15) is 12.0 Å². The van der Waals surface area contributed by atoms with Crippen LogP contribution < -0.4 is 5.73 Å². The van der Waals surface area contributed by atoms with E-state index in [1.54, 1.807) is 0 Å². The van der Waals surface area contributed by atoms with Crippen LogP contribution in [0.25, 0.3) is 22.5 Å². The number of nitrogens with one attached hydrogen (secondary N) is 1. The number of nitrogens with zero attached hydrogens (tertiary/aromatic N) is 2. The van der Waals surface area contributed by atoms with Gasteiger partial charge in [-0.3, -0.25) is 4.79 Å². The summed E-state index contributed by atoms with van der Waals surface area (Å²) in [6.45, 7) is 0. The maximum atomic E-state index is 13.8. The lowest BCUT2D eigenvalue weighted by Crippen LogP contribution is -2.12. The molecule has 0 unspecified atom stereocenters. The first kappa shape index (κ1) is 13.0. The number of carbonyl (C=O) groups excluding carboxylic acids is 1. The van der Waals surface area contributed by atoms with Gasteiger partial charge in [-0.05, 0) is 12.1 Å². The minimum atomic E-state index is -1.04. The maximum absolute atomic E-state index is 13.8. The van der Waals surface area contributed by atoms with E-state index in [1.807, 2.05) is 0 Å². The van der Waals surface area contributed by atoms with E-state index in [0.29, 0.717) is 5.56 Å². The molecule has 21 heavy (non-hydrogen) atoms. The number of hydrogen-bond donors (Lipinski definition) is 2. The quantitative estimate of drug-likeness (QED) is 0.771. The molecule has 3 N–H and O–H groups in total. The van der Waals surface area contributed by atoms with Crippen LogP contribution in [0.5, 0.6) is 0 Å². The number of halogens is 2. The van der Waals surface area contributed by atoms with Crippen LogP contribution >= 0.6 is 0 Å². The normalized spacial score (nSPS) is 10.8. The molecule has 8 heteroatoms. The molecule has 1 aromatic carbocycles. The van der Waals surface area contributed by atoms with Crippen LogP contribution in [0.3, 0.4) is 0 Å². The summed E-state index contributed by atoms with van der Waals surface area (Å²) in [5.74, 6) is -2.84. The Morgan fingerprint density at radius 1 is 1.29 bits per heavy atom. The van der Waals surface area contributed by atoms with E-state index in [4.69, 9.17) is 10.3 Å². The zero-order valence-corrected chi connectivity index (χ0v) is 10.4. The molecular formula is C13H8F2N4O2. The van der Waals surface area contributed by atoms with Crippen LogP contribution in [0.1, 0.15) is 10.6 Å². The number of rotatable bonds is 3. The van der Waals surface area contributed by atoms with Crippen molar-refractivity contribution in [1.29, 1.82) is 0 Å². The number of benzene rings is 1. The fourth-order valence-corrected chi connectivity index (χ4v) is 1.89. The Hall–Kier alpha value is -3.03. The Labute approximate surface area is 116 Å². The summed E-state index contributed by atoms with van der Waals surface area (Å²) in [6.07, 6.45) is 2.62. The molecule has 0 atom stereocenters. The number of aromatic amines is 1. The minimum Gasteiger partial charge on any atom is -0.363 e. The van der Waals surface area contributed by atoms with Crippen LogP contribution in [0.4, 0.5) is 8.78 Å². The molecule has 0 aliphatic carbocycles. The van der Waals surface area contributed by atoms with Crippen molar-refractivity contribution in [2.45, 2.75) is 0 Å². The van der Waals surface area contributed by atoms with E-state index in [2.05, 4.69) is 15.1 Å². The summed E-state index contributed by atoms with van der Waals surface area (Å²) < 4.78 is 31.9. The highest BCUT2D eigenvalue weighted by Gasteiger charge is 2.20. The van der Waals surface area contributed by atoms with Gasteiger partial charge in [0.25, 0.3) is 5.91 Å². The molecule has 2 aromatic heterocycles. The third kappa shape index (κ3) is 2.16. The van der Waals surface area contributed by atoms with Gasteiger partial charge in [-0.25, -0.2) is 13.8 Å². The van der Waals surface area contributed by atoms with Crippen LogP contribution in [0.15, 0.2) is 35.2 Å². The van der Waals surface area contributed by atoms with Gasteiger partial charge < -0.3 is 15.2 Å². The zero-order valence-electron chi connectivity index (χ0n) is 10.4. The Balaban J connectivity index is 2.12. The first-order valence-corrected chi connectivity index (χ1v) is 5.82. The summed E-state index contributed by atoms with van der Waals surface area (Å²) in [5, 5.41) is 3.67. The average molecular weight is 290 g/mol. The maximum Gasteiger partial charge on any atom is 0.284 e. The molecule has 0 aliphatic heterocycles. The van der Waals surface area contributed by atoms with E-state index in [-0.39, 0.29) is 22.8 Å². The lowest BCUT2D eigenvalue weighted by Gasteiger charge is -2.01. The Kier molecular flexibility index (Phi) is 2.98. The minimum absolute atomic E-state index is 0.0585. The smallest absolute Gasteiger partial charge is 0.284 e. The number of amides is 1. The molecule has 0 bridgehead atoms. The first-order valence-electron chi connectivity index (χ1n) is 5.82. The third-order valence-electron chi connectivity index (χ3n) is 2.86. The van der Waals surface area contributed by atoms with Crippen LogP contribution in [0.2, 0.25) is 0 Å². The predicted molar refractivity (Wildman–Crippen MR) is 68.0 cm³/mol. The van der Waals surface area contributed by atoms with E-state index >= 15 is 0 Å². The molecule has 3 aromatic rings. The molecule has 3 rings (SSSR count). The summed E-state index contributed by atoms with van der Waals surface area (Å²) in [7, 11) is 0. The molecule has 0 aliphatic rings. The zero-order chi connectivity index (χ0) is 15.0. The van der Waals surface area contributed by atoms with Crippen molar-refractivity contribution < 1.29 is 18.1 Å². The van der Waals surface area contributed by atoms with Gasteiger partial charge >= 0.3 is 0 Å². The Morgan fingerprint density at radius 2 is 2.10 bits per heavy atom. The average Bonchev–Trinajstić information content (AvgIpc) is 3.09. The van der Waals surface area contributed by atoms with Gasteiger partial charge in [0.2, 0.25) is 0 Å². The van der Waals surface area contributed by atoms with Crippen molar-refractivity contribution in [1.82, 2.24) is 15.1 Å². The monoisotopic (exact) mass is 290 g/mol. The number of carbonyl (C=O) groups is 1. The van der Waals surface area contributed by atoms with Gasteiger partial charge in [-0.2, -0.15) is 0 Å². The third-order valence-corrected chi connectivity index (χ3v) is 2.86. The summed E-state index contributed by atoms with van der Waals surface area (Å²) in [6, 6.07) is 3.71. The molecule has 0 saturated carbocycles. The van der Waals surface area contributed by atoms with Crippen LogP contribution in [-0.2, 0) is 0 Å². The Morgan fingerprint density at radius 3 is 2.81 bits per heavy atom. The highest BCUT2D eigenvalue weighted by Crippen LogP contribution is 2.32. The van der Waals surface area contributed by atoms with E-state index < -0.39 is 17.5 Å². The molecule has 0 saturated heterocycles. The lowest BCUT2D eigenvalue weighted by atomic mass is 10.1. The molecule has 106 valence electrons. The number of primary amides is 1. The van der Waals surface area contributed by atoms with Gasteiger partial charge in [-0.1, -0.05) is 11.2 Å². The first-order chi connectivity index (χ1) is 10.1. The van der Waals surface area contributed by atoms with E-state index in [0.717, 1.165) is 6.07 Å². The highest BCUT2D eigenvalue weighted by molar-refractivity contribution is 5.90. The SMILES string of the molecule is NC(=O)c1nc(-c2conc2-c2cccc(F)c2F)c[nH]1. The number of aromatic nitrogens is 3. The van der Waals surface area contributed by atoms with Crippen LogP contribution in [0, 0.1) is 11.6 Å². The number of hydrogen-bond acceptors (Lipinski definition) is 4. The largest absolute Gasteiger partial charge is 0.363 e. The summed E-state index contributed by atoms with van der Waals surface area (Å²) in [5.41, 5.74) is 5.69. The van der Waals surface area contributed by atoms with E-state index in [9.17, 15) is 13.6 Å². The topological polar surface area (TPSA) is 97.8 Å². The van der Waals surface area contributed by atoms with E-state index in [1.165, 1.54) is 24.6 Å². The molecule has 0 spiro atoms. The second kappa shape index (κ2) is 4.82. The van der Waals surface area contributed by atoms with Crippen molar-refractivity contribution >= 4 is 5.91 Å². The molecule has 0 fully saturated rings. The van der Waals surface area contributed by atoms with Gasteiger partial charge in [0.15, 0.2) is 17.5 Å². The van der Waals surface area contributed by atoms with Gasteiger partial charge in [-0.15, -0.1) is 0 Å². The predicted octanol–water partition coefficient (Wildman–Crippen LogP) is 2.11. The fraction of sp³-hybridized carbons (Fsp3) is 0. The van der Waals surface area contributed by atoms with Crippen molar-refractivity contribution in [3.63, 3.8) is 0 Å². The number of imidazole rings is 1. The van der Waals surface area contributed by atoms with Gasteiger partial charge in [0, 0.05) is 11.8 Å². The van der Waals surface area contributed by atoms with Crippen molar-refractivity contribution in [3.8, 4) is 22.5 Å². The summed E-state index contributed by atoms with van der Waals surface area (Å²) in [4.78, 5) is 17.5. The number of nitrogens with two attached hydrogens (primary N) is 1. The fourth-order valence-electron chi connectivity index (χ4n) is 1.89. The number of H-pyrrole nitrogens is 1. The summed E-state index contributed by atoms with van der Waals surface area (Å²) >= 11 is 0. The van der Waals surface area contributed by atoms with Crippen LogP contribution in [-0.4, -0.2) is 21.0 Å². The van der Waals surface area contributed by atoms with Gasteiger partial charge in [0.05, 0.1) is 11.3 Å². The molecule has 1 amide bonds. The standard InChI is InChI=1S/C13H8F2N4O2/c14-8-3-1-2-6(10(8)15)11-7(5-21-19-11)9-4-17-13(18-9)12(16)20/h1-5H,(H2,16,20)(H,17,18). The molecular weight excluding hydrogens is 282 g/mol. The van der Waals surface area contributed by atoms with Crippen molar-refractivity contribution in [3.05, 3.63) is 48.1 Å². The molecule has 0 radical (unpaired) electrons. The highest BCUT2D eigenvalue weighted by atomic mass is 19.2. The second-order valence-corrected chi connectivity index (χ2v) is 4.18. The van der Waals surface area contributed by atoms with Crippen molar-refractivity contribution in [2.24, 2.45) is 5.73 Å². The molecule has 2 heterocycles. The molecule has 6 nitrogen and oxygen atoms in total. The second-order valence-electron chi connectivity index (χ2n) is 4.18. The lowest BCUT2D eigenvalue weighted by molar-refractivity contribution is 0.0991. The van der Waals surface area contributed by atoms with Crippen molar-refractivity contribution in [2.75, 3.05) is 0 Å². The Bertz CT molecular complexity index is 825.